The number of hydrogen-bond acceptors (Lipinski definition) is 9. The van der Waals surface area contributed by atoms with E-state index in [9.17, 15) is 8.42 Å². The van der Waals surface area contributed by atoms with Gasteiger partial charge in [0.1, 0.15) is 0 Å². The van der Waals surface area contributed by atoms with Crippen LogP contribution in [0.3, 0.4) is 0 Å². The van der Waals surface area contributed by atoms with Crippen LogP contribution in [0.15, 0.2) is 41.4 Å². The van der Waals surface area contributed by atoms with Gasteiger partial charge in [0.05, 0.1) is 49.7 Å². The topological polar surface area (TPSA) is 106 Å². The minimum atomic E-state index is -3.60. The van der Waals surface area contributed by atoms with Crippen molar-refractivity contribution in [2.24, 2.45) is 0 Å². The number of hydrogen-bond donors (Lipinski definition) is 1. The second kappa shape index (κ2) is 9.94. The molecule has 1 N–H and O–H groups in total. The van der Waals surface area contributed by atoms with Gasteiger partial charge in [-0.05, 0) is 36.2 Å². The van der Waals surface area contributed by atoms with Crippen molar-refractivity contribution in [1.29, 1.82) is 0 Å². The Morgan fingerprint density at radius 1 is 1.03 bits per heavy atom. The standard InChI is InChI=1S/C24H29N5O5S/c1-32-23-14-19-20(15-24(23)33-2)27-25-16-22(19)29-7-5-17-13-18(3-4-21(17)29)35(30,31)26-6-8-28-9-11-34-12-10-28/h3-4,13-16,26H,5-12H2,1-2H3. The summed E-state index contributed by atoms with van der Waals surface area (Å²) >= 11 is 0. The molecule has 11 heteroatoms. The Balaban J connectivity index is 1.38. The lowest BCUT2D eigenvalue weighted by Crippen LogP contribution is -2.41. The van der Waals surface area contributed by atoms with E-state index in [1.807, 2.05) is 12.1 Å². The minimum Gasteiger partial charge on any atom is -0.493 e. The van der Waals surface area contributed by atoms with E-state index in [-0.39, 0.29) is 4.90 Å². The molecule has 0 aliphatic carbocycles. The van der Waals surface area contributed by atoms with Gasteiger partial charge in [-0.1, -0.05) is 0 Å². The SMILES string of the molecule is COc1cc2nncc(N3CCc4cc(S(=O)(=O)NCCN5CCOCC5)ccc43)c2cc1OC. The van der Waals surface area contributed by atoms with E-state index in [0.717, 1.165) is 41.8 Å². The number of sulfonamides is 1. The molecule has 1 aromatic heterocycles. The third-order valence-corrected chi connectivity index (χ3v) is 7.95. The Bertz CT molecular complexity index is 1330. The third-order valence-electron chi connectivity index (χ3n) is 6.49. The first kappa shape index (κ1) is 23.7. The molecule has 0 spiro atoms. The largest absolute Gasteiger partial charge is 0.493 e. The molecule has 186 valence electrons. The molecule has 0 bridgehead atoms. The normalized spacial score (nSPS) is 16.5. The van der Waals surface area contributed by atoms with Crippen molar-refractivity contribution in [3.8, 4) is 11.5 Å². The lowest BCUT2D eigenvalue weighted by Gasteiger charge is -2.26. The zero-order valence-corrected chi connectivity index (χ0v) is 20.7. The van der Waals surface area contributed by atoms with Crippen LogP contribution in [0.1, 0.15) is 5.56 Å². The van der Waals surface area contributed by atoms with Crippen LogP contribution >= 0.6 is 0 Å². The highest BCUT2D eigenvalue weighted by molar-refractivity contribution is 7.89. The number of nitrogens with one attached hydrogen (secondary N) is 1. The van der Waals surface area contributed by atoms with Crippen LogP contribution < -0.4 is 19.1 Å². The summed E-state index contributed by atoms with van der Waals surface area (Å²) in [7, 11) is -0.414. The predicted octanol–water partition coefficient (Wildman–Crippen LogP) is 1.95. The van der Waals surface area contributed by atoms with Gasteiger partial charge in [-0.3, -0.25) is 4.90 Å². The van der Waals surface area contributed by atoms with Crippen LogP contribution in [0.4, 0.5) is 11.4 Å². The molecule has 0 saturated carbocycles. The summed E-state index contributed by atoms with van der Waals surface area (Å²) in [6.45, 7) is 4.77. The molecule has 0 atom stereocenters. The number of ether oxygens (including phenoxy) is 3. The van der Waals surface area contributed by atoms with Gasteiger partial charge in [0.15, 0.2) is 11.5 Å². The van der Waals surface area contributed by atoms with Gasteiger partial charge in [-0.15, -0.1) is 0 Å². The van der Waals surface area contributed by atoms with Gasteiger partial charge in [0.25, 0.3) is 0 Å². The van der Waals surface area contributed by atoms with E-state index in [1.165, 1.54) is 0 Å². The molecular weight excluding hydrogens is 470 g/mol. The highest BCUT2D eigenvalue weighted by Crippen LogP contribution is 2.41. The summed E-state index contributed by atoms with van der Waals surface area (Å²) in [5, 5.41) is 9.32. The maximum absolute atomic E-state index is 12.9. The summed E-state index contributed by atoms with van der Waals surface area (Å²) in [6, 6.07) is 9.00. The number of aromatic nitrogens is 2. The summed E-state index contributed by atoms with van der Waals surface area (Å²) in [6.07, 6.45) is 2.45. The summed E-state index contributed by atoms with van der Waals surface area (Å²) in [4.78, 5) is 4.62. The Morgan fingerprint density at radius 2 is 1.80 bits per heavy atom. The van der Waals surface area contributed by atoms with E-state index >= 15 is 0 Å². The van der Waals surface area contributed by atoms with Crippen LogP contribution in [-0.4, -0.2) is 83.7 Å². The van der Waals surface area contributed by atoms with E-state index in [0.29, 0.717) is 49.9 Å². The molecular formula is C24H29N5O5S. The van der Waals surface area contributed by atoms with E-state index in [4.69, 9.17) is 14.2 Å². The summed E-state index contributed by atoms with van der Waals surface area (Å²) in [5.41, 5.74) is 3.51. The monoisotopic (exact) mass is 499 g/mol. The van der Waals surface area contributed by atoms with Crippen LogP contribution in [0, 0.1) is 0 Å². The van der Waals surface area contributed by atoms with Crippen molar-refractivity contribution in [2.45, 2.75) is 11.3 Å². The van der Waals surface area contributed by atoms with Crippen molar-refractivity contribution in [2.75, 3.05) is 65.1 Å². The van der Waals surface area contributed by atoms with Crippen LogP contribution in [0.2, 0.25) is 0 Å². The average Bonchev–Trinajstić information content (AvgIpc) is 3.31. The summed E-state index contributed by atoms with van der Waals surface area (Å²) in [5.74, 6) is 1.20. The first-order chi connectivity index (χ1) is 17.0. The molecule has 5 rings (SSSR count). The number of methoxy groups -OCH3 is 2. The molecule has 10 nitrogen and oxygen atoms in total. The number of nitrogens with zero attached hydrogens (tertiary/aromatic N) is 4. The Kier molecular flexibility index (Phi) is 6.74. The quantitative estimate of drug-likeness (QED) is 0.498. The fourth-order valence-electron chi connectivity index (χ4n) is 4.63. The highest BCUT2D eigenvalue weighted by atomic mass is 32.2. The molecule has 2 aliphatic heterocycles. The van der Waals surface area contributed by atoms with E-state index < -0.39 is 10.0 Å². The van der Waals surface area contributed by atoms with E-state index in [1.54, 1.807) is 38.6 Å². The molecule has 3 aromatic rings. The zero-order valence-electron chi connectivity index (χ0n) is 19.9. The van der Waals surface area contributed by atoms with Crippen LogP contribution in [0.5, 0.6) is 11.5 Å². The van der Waals surface area contributed by atoms with Crippen molar-refractivity contribution in [1.82, 2.24) is 19.8 Å². The molecule has 0 unspecified atom stereocenters. The summed E-state index contributed by atoms with van der Waals surface area (Å²) < 4.78 is 44.8. The molecule has 1 saturated heterocycles. The van der Waals surface area contributed by atoms with Gasteiger partial charge in [-0.25, -0.2) is 13.1 Å². The predicted molar refractivity (Wildman–Crippen MR) is 132 cm³/mol. The Hall–Kier alpha value is -2.99. The first-order valence-corrected chi connectivity index (χ1v) is 13.1. The third kappa shape index (κ3) is 4.76. The van der Waals surface area contributed by atoms with Gasteiger partial charge in [0.2, 0.25) is 10.0 Å². The fourth-order valence-corrected chi connectivity index (χ4v) is 5.70. The van der Waals surface area contributed by atoms with Gasteiger partial charge in [0, 0.05) is 49.9 Å². The first-order valence-electron chi connectivity index (χ1n) is 11.6. The number of fused-ring (bicyclic) bond motifs is 2. The van der Waals surface area contributed by atoms with Crippen LogP contribution in [0.25, 0.3) is 10.9 Å². The van der Waals surface area contributed by atoms with Crippen LogP contribution in [-0.2, 0) is 21.2 Å². The van der Waals surface area contributed by atoms with Gasteiger partial charge in [-0.2, -0.15) is 10.2 Å². The minimum absolute atomic E-state index is 0.282. The number of benzene rings is 2. The lowest BCUT2D eigenvalue weighted by molar-refractivity contribution is 0.0390. The highest BCUT2D eigenvalue weighted by Gasteiger charge is 2.26. The molecule has 0 radical (unpaired) electrons. The Morgan fingerprint density at radius 3 is 2.57 bits per heavy atom. The molecule has 2 aromatic carbocycles. The molecule has 0 amide bonds. The number of morpholine rings is 1. The zero-order chi connectivity index (χ0) is 24.4. The smallest absolute Gasteiger partial charge is 0.240 e. The number of anilines is 2. The number of rotatable bonds is 8. The molecule has 35 heavy (non-hydrogen) atoms. The lowest BCUT2D eigenvalue weighted by atomic mass is 10.1. The Labute approximate surface area is 204 Å². The van der Waals surface area contributed by atoms with Crippen molar-refractivity contribution in [3.05, 3.63) is 42.1 Å². The maximum Gasteiger partial charge on any atom is 0.240 e. The van der Waals surface area contributed by atoms with Gasteiger partial charge < -0.3 is 19.1 Å². The van der Waals surface area contributed by atoms with E-state index in [2.05, 4.69) is 24.7 Å². The van der Waals surface area contributed by atoms with Crippen molar-refractivity contribution >= 4 is 32.3 Å². The maximum atomic E-state index is 12.9. The van der Waals surface area contributed by atoms with Crippen molar-refractivity contribution < 1.29 is 22.6 Å². The van der Waals surface area contributed by atoms with Crippen molar-refractivity contribution in [3.63, 3.8) is 0 Å². The second-order valence-corrected chi connectivity index (χ2v) is 10.3. The fraction of sp³-hybridized carbons (Fsp3) is 0.417. The average molecular weight is 500 g/mol. The molecule has 3 heterocycles. The molecule has 1 fully saturated rings. The molecule has 2 aliphatic rings. The van der Waals surface area contributed by atoms with Gasteiger partial charge >= 0.3 is 0 Å². The second-order valence-electron chi connectivity index (χ2n) is 8.50.